The first-order valence-corrected chi connectivity index (χ1v) is 9.43. The Morgan fingerprint density at radius 3 is 2.74 bits per heavy atom. The number of nitrogens with zero attached hydrogens (tertiary/aromatic N) is 3. The molecule has 1 saturated carbocycles. The molecular weight excluding hydrogens is 344 g/mol. The van der Waals surface area contributed by atoms with Crippen LogP contribution in [0.2, 0.25) is 0 Å². The topological polar surface area (TPSA) is 92.1 Å². The fourth-order valence-corrected chi connectivity index (χ4v) is 3.83. The number of carbonyl (C=O) groups is 1. The van der Waals surface area contributed by atoms with Gasteiger partial charge in [0.2, 0.25) is 0 Å². The van der Waals surface area contributed by atoms with Gasteiger partial charge in [0.25, 0.3) is 11.5 Å². The van der Waals surface area contributed by atoms with Crippen molar-refractivity contribution in [3.8, 4) is 0 Å². The predicted octanol–water partition coefficient (Wildman–Crippen LogP) is 2.81. The lowest BCUT2D eigenvalue weighted by Crippen LogP contribution is -2.38. The second-order valence-electron chi connectivity index (χ2n) is 7.45. The molecular formula is C20H20N4O3. The molecule has 7 heteroatoms. The number of likely N-dealkylation sites (tertiary alicyclic amines) is 1. The molecule has 3 aromatic heterocycles. The van der Waals surface area contributed by atoms with Crippen LogP contribution in [0, 0.1) is 0 Å². The van der Waals surface area contributed by atoms with Crippen molar-refractivity contribution in [3.63, 3.8) is 0 Å². The van der Waals surface area contributed by atoms with E-state index in [4.69, 9.17) is 4.52 Å². The summed E-state index contributed by atoms with van der Waals surface area (Å²) in [4.78, 5) is 34.1. The highest BCUT2D eigenvalue weighted by molar-refractivity contribution is 5.92. The lowest BCUT2D eigenvalue weighted by Gasteiger charge is -2.31. The summed E-state index contributed by atoms with van der Waals surface area (Å²) in [6.45, 7) is 1.27. The molecule has 27 heavy (non-hydrogen) atoms. The number of fused-ring (bicyclic) bond motifs is 1. The highest BCUT2D eigenvalue weighted by atomic mass is 16.5. The zero-order valence-corrected chi connectivity index (χ0v) is 14.9. The van der Waals surface area contributed by atoms with Gasteiger partial charge in [0.1, 0.15) is 5.76 Å². The van der Waals surface area contributed by atoms with Crippen LogP contribution in [0.3, 0.4) is 0 Å². The van der Waals surface area contributed by atoms with Crippen LogP contribution < -0.4 is 5.56 Å². The summed E-state index contributed by atoms with van der Waals surface area (Å²) >= 11 is 0. The Labute approximate surface area is 155 Å². The molecule has 1 N–H and O–H groups in total. The third-order valence-electron chi connectivity index (χ3n) is 5.58. The van der Waals surface area contributed by atoms with E-state index >= 15 is 0 Å². The van der Waals surface area contributed by atoms with Crippen LogP contribution in [0.5, 0.6) is 0 Å². The fourth-order valence-electron chi connectivity index (χ4n) is 3.83. The summed E-state index contributed by atoms with van der Waals surface area (Å²) in [5.74, 6) is 1.42. The Balaban J connectivity index is 1.29. The number of aromatic nitrogens is 3. The highest BCUT2D eigenvalue weighted by Crippen LogP contribution is 2.40. The van der Waals surface area contributed by atoms with E-state index < -0.39 is 0 Å². The minimum absolute atomic E-state index is 0.0715. The number of aromatic amines is 1. The van der Waals surface area contributed by atoms with Crippen molar-refractivity contribution in [2.45, 2.75) is 37.5 Å². The van der Waals surface area contributed by atoms with E-state index in [0.717, 1.165) is 37.1 Å². The molecule has 138 valence electrons. The molecule has 1 aliphatic heterocycles. The van der Waals surface area contributed by atoms with Gasteiger partial charge in [-0.2, -0.15) is 0 Å². The zero-order valence-electron chi connectivity index (χ0n) is 14.9. The molecule has 1 amide bonds. The maximum absolute atomic E-state index is 12.7. The van der Waals surface area contributed by atoms with E-state index in [0.29, 0.717) is 35.6 Å². The highest BCUT2D eigenvalue weighted by Gasteiger charge is 2.31. The van der Waals surface area contributed by atoms with Crippen LogP contribution in [-0.2, 0) is 0 Å². The van der Waals surface area contributed by atoms with Gasteiger partial charge in [-0.15, -0.1) is 0 Å². The molecule has 0 spiro atoms. The quantitative estimate of drug-likeness (QED) is 0.771. The van der Waals surface area contributed by atoms with Crippen molar-refractivity contribution in [1.29, 1.82) is 0 Å². The number of nitrogens with one attached hydrogen (secondary N) is 1. The summed E-state index contributed by atoms with van der Waals surface area (Å²) in [5.41, 5.74) is 1.91. The second-order valence-corrected chi connectivity index (χ2v) is 7.45. The number of pyridine rings is 2. The van der Waals surface area contributed by atoms with Crippen molar-refractivity contribution in [2.24, 2.45) is 0 Å². The van der Waals surface area contributed by atoms with Crippen LogP contribution in [0.4, 0.5) is 0 Å². The SMILES string of the molecule is O=C(c1cc(C2CC2)on1)N1CCC(c2cc3ncccc3c(=O)[nH]2)CC1. The summed E-state index contributed by atoms with van der Waals surface area (Å²) < 4.78 is 5.30. The van der Waals surface area contributed by atoms with E-state index in [1.54, 1.807) is 24.4 Å². The number of amides is 1. The second kappa shape index (κ2) is 6.33. The van der Waals surface area contributed by atoms with Crippen molar-refractivity contribution in [3.05, 3.63) is 58.0 Å². The van der Waals surface area contributed by atoms with Crippen molar-refractivity contribution in [2.75, 3.05) is 13.1 Å². The normalized spacial score (nSPS) is 18.1. The standard InChI is InChI=1S/C20H20N4O3/c25-19-14-2-1-7-21-16(14)10-15(22-19)12-5-8-24(9-6-12)20(26)17-11-18(27-23-17)13-3-4-13/h1-2,7,10-13H,3-6,8-9H2,(H,22,25). The number of piperidine rings is 1. The van der Waals surface area contributed by atoms with Gasteiger partial charge in [0.05, 0.1) is 10.9 Å². The van der Waals surface area contributed by atoms with Gasteiger partial charge in [-0.25, -0.2) is 0 Å². The fraction of sp³-hybridized carbons (Fsp3) is 0.400. The molecule has 0 aromatic carbocycles. The van der Waals surface area contributed by atoms with E-state index in [-0.39, 0.29) is 17.4 Å². The van der Waals surface area contributed by atoms with E-state index in [1.807, 2.05) is 11.0 Å². The summed E-state index contributed by atoms with van der Waals surface area (Å²) in [7, 11) is 0. The Morgan fingerprint density at radius 1 is 1.15 bits per heavy atom. The van der Waals surface area contributed by atoms with Gasteiger partial charge < -0.3 is 14.4 Å². The zero-order chi connectivity index (χ0) is 18.4. The van der Waals surface area contributed by atoms with E-state index in [2.05, 4.69) is 15.1 Å². The van der Waals surface area contributed by atoms with Crippen molar-refractivity contribution >= 4 is 16.8 Å². The third-order valence-corrected chi connectivity index (χ3v) is 5.58. The number of hydrogen-bond acceptors (Lipinski definition) is 5. The van der Waals surface area contributed by atoms with Crippen LogP contribution in [0.25, 0.3) is 10.9 Å². The summed E-state index contributed by atoms with van der Waals surface area (Å²) in [6.07, 6.45) is 5.53. The molecule has 2 aliphatic rings. The van der Waals surface area contributed by atoms with Gasteiger partial charge in [0.15, 0.2) is 5.69 Å². The first kappa shape index (κ1) is 16.2. The van der Waals surface area contributed by atoms with Crippen LogP contribution in [0.15, 0.2) is 39.8 Å². The van der Waals surface area contributed by atoms with Gasteiger partial charge in [-0.05, 0) is 43.9 Å². The van der Waals surface area contributed by atoms with Crippen LogP contribution >= 0.6 is 0 Å². The Hall–Kier alpha value is -2.96. The first-order valence-electron chi connectivity index (χ1n) is 9.43. The molecule has 0 radical (unpaired) electrons. The molecule has 0 unspecified atom stereocenters. The van der Waals surface area contributed by atoms with Gasteiger partial charge in [-0.1, -0.05) is 5.16 Å². The lowest BCUT2D eigenvalue weighted by molar-refractivity contribution is 0.0701. The predicted molar refractivity (Wildman–Crippen MR) is 98.7 cm³/mol. The molecule has 4 heterocycles. The van der Waals surface area contributed by atoms with Crippen LogP contribution in [-0.4, -0.2) is 39.0 Å². The van der Waals surface area contributed by atoms with E-state index in [1.165, 1.54) is 0 Å². The number of carbonyl (C=O) groups excluding carboxylic acids is 1. The largest absolute Gasteiger partial charge is 0.360 e. The van der Waals surface area contributed by atoms with Gasteiger partial charge in [-0.3, -0.25) is 14.6 Å². The van der Waals surface area contributed by atoms with Crippen LogP contribution in [0.1, 0.15) is 59.5 Å². The maximum atomic E-state index is 12.7. The Morgan fingerprint density at radius 2 is 1.96 bits per heavy atom. The number of H-pyrrole nitrogens is 1. The Kier molecular flexibility index (Phi) is 3.81. The Bertz CT molecular complexity index is 1060. The minimum Gasteiger partial charge on any atom is -0.360 e. The smallest absolute Gasteiger partial charge is 0.276 e. The van der Waals surface area contributed by atoms with Gasteiger partial charge >= 0.3 is 0 Å². The summed E-state index contributed by atoms with van der Waals surface area (Å²) in [5, 5.41) is 4.56. The molecule has 2 fully saturated rings. The average molecular weight is 364 g/mol. The lowest BCUT2D eigenvalue weighted by atomic mass is 9.92. The molecule has 3 aromatic rings. The average Bonchev–Trinajstić information content (AvgIpc) is 3.44. The molecule has 1 saturated heterocycles. The van der Waals surface area contributed by atoms with E-state index in [9.17, 15) is 9.59 Å². The van der Waals surface area contributed by atoms with Gasteiger partial charge in [0, 0.05) is 42.9 Å². The summed E-state index contributed by atoms with van der Waals surface area (Å²) in [6, 6.07) is 7.29. The first-order chi connectivity index (χ1) is 13.2. The number of hydrogen-bond donors (Lipinski definition) is 1. The third kappa shape index (κ3) is 3.03. The minimum atomic E-state index is -0.107. The maximum Gasteiger partial charge on any atom is 0.276 e. The molecule has 5 rings (SSSR count). The molecule has 1 aliphatic carbocycles. The molecule has 0 bridgehead atoms. The van der Waals surface area contributed by atoms with Crippen molar-refractivity contribution in [1.82, 2.24) is 20.0 Å². The number of rotatable bonds is 3. The molecule has 0 atom stereocenters. The molecule has 7 nitrogen and oxygen atoms in total. The monoisotopic (exact) mass is 364 g/mol. The van der Waals surface area contributed by atoms with Crippen molar-refractivity contribution < 1.29 is 9.32 Å².